The lowest BCUT2D eigenvalue weighted by molar-refractivity contribution is 0.480. The molecule has 3 rings (SSSR count). The predicted octanol–water partition coefficient (Wildman–Crippen LogP) is 7.16. The van der Waals surface area contributed by atoms with E-state index in [0.717, 1.165) is 17.0 Å². The number of hydrogen-bond acceptors (Lipinski definition) is 0. The molecule has 0 heterocycles. The molecule has 0 saturated heterocycles. The minimum atomic E-state index is 0.246. The Hall–Kier alpha value is -0.350. The molecule has 1 aromatic rings. The third kappa shape index (κ3) is 5.06. The Kier molecular flexibility index (Phi) is 7.00. The van der Waals surface area contributed by atoms with E-state index in [9.17, 15) is 0 Å². The molecule has 23 heavy (non-hydrogen) atoms. The first-order chi connectivity index (χ1) is 11.3. The van der Waals surface area contributed by atoms with Crippen LogP contribution in [0.5, 0.6) is 0 Å². The summed E-state index contributed by atoms with van der Waals surface area (Å²) in [5, 5.41) is 0. The first kappa shape index (κ1) is 17.5. The number of rotatable bonds is 6. The van der Waals surface area contributed by atoms with Crippen LogP contribution in [0.2, 0.25) is 0 Å². The molecular weight excluding hydrogens is 295 g/mol. The van der Waals surface area contributed by atoms with Gasteiger partial charge in [0.2, 0.25) is 0 Å². The zero-order chi connectivity index (χ0) is 15.9. The Morgan fingerprint density at radius 3 is 1.87 bits per heavy atom. The van der Waals surface area contributed by atoms with Crippen LogP contribution in [0.25, 0.3) is 0 Å². The van der Waals surface area contributed by atoms with Gasteiger partial charge in [-0.25, -0.2) is 0 Å². The third-order valence-corrected chi connectivity index (χ3v) is 10.2. The normalized spacial score (nSPS) is 22.3. The number of hydrogen-bond donors (Lipinski definition) is 0. The largest absolute Gasteiger partial charge is 0.0974 e. The molecule has 0 amide bonds. The van der Waals surface area contributed by atoms with Crippen molar-refractivity contribution in [2.24, 2.45) is 0 Å². The second kappa shape index (κ2) is 9.22. The molecule has 0 spiro atoms. The fraction of sp³-hybridized carbons (Fsp3) is 0.727. The molecule has 2 fully saturated rings. The molecule has 0 N–H and O–H groups in total. The van der Waals surface area contributed by atoms with Gasteiger partial charge in [-0.15, -0.1) is 0 Å². The van der Waals surface area contributed by atoms with Gasteiger partial charge in [-0.3, -0.25) is 0 Å². The quantitative estimate of drug-likeness (QED) is 0.486. The summed E-state index contributed by atoms with van der Waals surface area (Å²) >= 11 is 0. The van der Waals surface area contributed by atoms with E-state index < -0.39 is 0 Å². The maximum atomic E-state index is 2.61. The van der Waals surface area contributed by atoms with Crippen molar-refractivity contribution in [2.75, 3.05) is 0 Å². The van der Waals surface area contributed by atoms with Gasteiger partial charge in [-0.2, -0.15) is 0 Å². The Balaban J connectivity index is 1.63. The molecule has 2 aliphatic rings. The zero-order valence-corrected chi connectivity index (χ0v) is 15.9. The van der Waals surface area contributed by atoms with E-state index in [-0.39, 0.29) is 7.92 Å². The van der Waals surface area contributed by atoms with E-state index in [1.165, 1.54) is 51.4 Å². The molecule has 2 saturated carbocycles. The molecule has 0 nitrogen and oxygen atoms in total. The minimum Gasteiger partial charge on any atom is -0.0974 e. The third-order valence-electron chi connectivity index (χ3n) is 6.20. The van der Waals surface area contributed by atoms with E-state index in [1.54, 1.807) is 31.2 Å². The molecule has 1 heteroatoms. The Labute approximate surface area is 145 Å². The number of benzene rings is 1. The molecule has 0 aliphatic heterocycles. The summed E-state index contributed by atoms with van der Waals surface area (Å²) in [6.45, 7) is 2.61. The van der Waals surface area contributed by atoms with Gasteiger partial charge in [-0.05, 0) is 61.1 Å². The van der Waals surface area contributed by atoms with Gasteiger partial charge in [0.25, 0.3) is 0 Å². The van der Waals surface area contributed by atoms with Crippen LogP contribution in [0.3, 0.4) is 0 Å². The van der Waals surface area contributed by atoms with Crippen molar-refractivity contribution < 1.29 is 0 Å². The molecule has 2 aliphatic carbocycles. The maximum Gasteiger partial charge on any atom is -0.0204 e. The van der Waals surface area contributed by atoms with Crippen LogP contribution >= 0.6 is 7.92 Å². The van der Waals surface area contributed by atoms with Gasteiger partial charge in [-0.1, -0.05) is 83.7 Å². The molecule has 0 bridgehead atoms. The molecule has 128 valence electrons. The topological polar surface area (TPSA) is 0 Å². The van der Waals surface area contributed by atoms with Crippen molar-refractivity contribution >= 4 is 7.92 Å². The predicted molar refractivity (Wildman–Crippen MR) is 105 cm³/mol. The first-order valence-corrected chi connectivity index (χ1v) is 11.7. The van der Waals surface area contributed by atoms with Crippen LogP contribution < -0.4 is 0 Å². The van der Waals surface area contributed by atoms with Gasteiger partial charge in [0.15, 0.2) is 0 Å². The maximum absolute atomic E-state index is 2.61. The summed E-state index contributed by atoms with van der Waals surface area (Å²) < 4.78 is 0. The van der Waals surface area contributed by atoms with Crippen LogP contribution in [0.4, 0.5) is 0 Å². The van der Waals surface area contributed by atoms with Crippen molar-refractivity contribution in [1.29, 1.82) is 0 Å². The highest BCUT2D eigenvalue weighted by atomic mass is 31.1. The van der Waals surface area contributed by atoms with Gasteiger partial charge in [0.1, 0.15) is 0 Å². The van der Waals surface area contributed by atoms with Crippen LogP contribution in [0, 0.1) is 0 Å². The molecular formula is C22H35P. The van der Waals surface area contributed by atoms with Crippen molar-refractivity contribution in [3.8, 4) is 0 Å². The summed E-state index contributed by atoms with van der Waals surface area (Å²) in [6.07, 6.45) is 18.0. The van der Waals surface area contributed by atoms with E-state index >= 15 is 0 Å². The SMILES string of the molecule is CC(CCc1ccccc1)P(C1CCCCC1)C1CCCCC1. The standard InChI is InChI=1S/C22H35P/c1-19(17-18-20-11-5-2-6-12-20)23(21-13-7-3-8-14-21)22-15-9-4-10-16-22/h2,5-6,11-12,19,21-22H,3-4,7-10,13-18H2,1H3. The van der Waals surface area contributed by atoms with E-state index in [2.05, 4.69) is 37.3 Å². The van der Waals surface area contributed by atoms with Crippen molar-refractivity contribution in [1.82, 2.24) is 0 Å². The van der Waals surface area contributed by atoms with Gasteiger partial charge in [0.05, 0.1) is 0 Å². The first-order valence-electron chi connectivity index (χ1n) is 10.2. The highest BCUT2D eigenvalue weighted by molar-refractivity contribution is 7.59. The van der Waals surface area contributed by atoms with Crippen LogP contribution in [-0.4, -0.2) is 17.0 Å². The summed E-state index contributed by atoms with van der Waals surface area (Å²) in [5.74, 6) is 0. The Bertz CT molecular complexity index is 411. The fourth-order valence-electron chi connectivity index (χ4n) is 4.95. The Morgan fingerprint density at radius 2 is 1.35 bits per heavy atom. The van der Waals surface area contributed by atoms with Gasteiger partial charge in [0, 0.05) is 0 Å². The zero-order valence-electron chi connectivity index (χ0n) is 15.1. The summed E-state index contributed by atoms with van der Waals surface area (Å²) in [6, 6.07) is 11.2. The smallest absolute Gasteiger partial charge is 0.0204 e. The van der Waals surface area contributed by atoms with Gasteiger partial charge < -0.3 is 0 Å². The second-order valence-electron chi connectivity index (χ2n) is 7.90. The lowest BCUT2D eigenvalue weighted by atomic mass is 9.99. The van der Waals surface area contributed by atoms with Crippen LogP contribution in [0.1, 0.15) is 83.1 Å². The average molecular weight is 330 g/mol. The monoisotopic (exact) mass is 330 g/mol. The summed E-state index contributed by atoms with van der Waals surface area (Å²) in [7, 11) is 0.246. The van der Waals surface area contributed by atoms with E-state index in [4.69, 9.17) is 0 Å². The molecule has 1 unspecified atom stereocenters. The van der Waals surface area contributed by atoms with Crippen molar-refractivity contribution in [3.05, 3.63) is 35.9 Å². The summed E-state index contributed by atoms with van der Waals surface area (Å²) in [5.41, 5.74) is 4.72. The van der Waals surface area contributed by atoms with E-state index in [0.29, 0.717) is 0 Å². The second-order valence-corrected chi connectivity index (χ2v) is 11.1. The highest BCUT2D eigenvalue weighted by Crippen LogP contribution is 2.59. The lowest BCUT2D eigenvalue weighted by Crippen LogP contribution is -2.25. The van der Waals surface area contributed by atoms with Crippen molar-refractivity contribution in [3.63, 3.8) is 0 Å². The molecule has 1 atom stereocenters. The van der Waals surface area contributed by atoms with Crippen molar-refractivity contribution in [2.45, 2.75) is 101 Å². The summed E-state index contributed by atoms with van der Waals surface area (Å²) in [4.78, 5) is 0. The fourth-order valence-corrected chi connectivity index (χ4v) is 9.33. The molecule has 1 aromatic carbocycles. The highest BCUT2D eigenvalue weighted by Gasteiger charge is 2.34. The Morgan fingerprint density at radius 1 is 0.826 bits per heavy atom. The van der Waals surface area contributed by atoms with Gasteiger partial charge >= 0.3 is 0 Å². The van der Waals surface area contributed by atoms with E-state index in [1.807, 2.05) is 0 Å². The lowest BCUT2D eigenvalue weighted by Gasteiger charge is -2.42. The molecule has 0 aromatic heterocycles. The number of aryl methyl sites for hydroxylation is 1. The van der Waals surface area contributed by atoms with Crippen LogP contribution in [0.15, 0.2) is 30.3 Å². The molecule has 0 radical (unpaired) electrons. The van der Waals surface area contributed by atoms with Crippen LogP contribution in [-0.2, 0) is 6.42 Å². The minimum absolute atomic E-state index is 0.246. The average Bonchev–Trinajstić information content (AvgIpc) is 2.63.